The number of sulfonamides is 1. The van der Waals surface area contributed by atoms with Crippen molar-refractivity contribution in [3.63, 3.8) is 0 Å². The van der Waals surface area contributed by atoms with Gasteiger partial charge in [0, 0.05) is 29.5 Å². The van der Waals surface area contributed by atoms with Gasteiger partial charge in [-0.1, -0.05) is 50.6 Å². The third-order valence-corrected chi connectivity index (χ3v) is 8.10. The lowest BCUT2D eigenvalue weighted by Crippen LogP contribution is -2.34. The highest BCUT2D eigenvalue weighted by Gasteiger charge is 2.59. The summed E-state index contributed by atoms with van der Waals surface area (Å²) >= 11 is 0. The second kappa shape index (κ2) is 8.03. The Morgan fingerprint density at radius 3 is 2.52 bits per heavy atom. The smallest absolute Gasteiger partial charge is 0.241 e. The first-order valence-corrected chi connectivity index (χ1v) is 11.7. The average molecular weight is 418 g/mol. The predicted molar refractivity (Wildman–Crippen MR) is 117 cm³/mol. The summed E-state index contributed by atoms with van der Waals surface area (Å²) in [4.78, 5) is 12.1. The van der Waals surface area contributed by atoms with Crippen molar-refractivity contribution in [1.82, 2.24) is 10.1 Å². The van der Waals surface area contributed by atoms with E-state index in [1.54, 1.807) is 0 Å². The number of rotatable bonds is 7. The van der Waals surface area contributed by atoms with E-state index in [-0.39, 0.29) is 29.7 Å². The Morgan fingerprint density at radius 1 is 1.24 bits per heavy atom. The van der Waals surface area contributed by atoms with Crippen molar-refractivity contribution in [3.8, 4) is 0 Å². The van der Waals surface area contributed by atoms with Crippen molar-refractivity contribution < 1.29 is 13.2 Å². The minimum atomic E-state index is -3.59. The molecule has 2 saturated carbocycles. The summed E-state index contributed by atoms with van der Waals surface area (Å²) in [6.07, 6.45) is 4.82. The van der Waals surface area contributed by atoms with Crippen molar-refractivity contribution in [2.75, 3.05) is 6.54 Å². The SMILES string of the molecule is Cc1ccc(/C=C/S(=O)(=O)NCCC(=O)N/N=C2/C[C@H]3CC[C@@]2(C)C3(C)C)cc1. The van der Waals surface area contributed by atoms with Crippen molar-refractivity contribution >= 4 is 27.7 Å². The Balaban J connectivity index is 1.47. The lowest BCUT2D eigenvalue weighted by Gasteiger charge is -2.34. The number of amides is 1. The largest absolute Gasteiger partial charge is 0.273 e. The van der Waals surface area contributed by atoms with Gasteiger partial charge in [-0.2, -0.15) is 5.10 Å². The summed E-state index contributed by atoms with van der Waals surface area (Å²) in [5, 5.41) is 5.52. The van der Waals surface area contributed by atoms with Gasteiger partial charge in [0.2, 0.25) is 15.9 Å². The van der Waals surface area contributed by atoms with E-state index in [4.69, 9.17) is 0 Å². The summed E-state index contributed by atoms with van der Waals surface area (Å²) in [5.74, 6) is 0.335. The fraction of sp³-hybridized carbons (Fsp3) is 0.545. The summed E-state index contributed by atoms with van der Waals surface area (Å²) < 4.78 is 26.5. The van der Waals surface area contributed by atoms with Crippen LogP contribution in [0.2, 0.25) is 0 Å². The van der Waals surface area contributed by atoms with Crippen LogP contribution in [0.25, 0.3) is 6.08 Å². The highest BCUT2D eigenvalue weighted by atomic mass is 32.2. The maximum absolute atomic E-state index is 12.1. The van der Waals surface area contributed by atoms with Gasteiger partial charge in [0.05, 0.1) is 0 Å². The third kappa shape index (κ3) is 4.61. The lowest BCUT2D eigenvalue weighted by atomic mass is 9.70. The van der Waals surface area contributed by atoms with Crippen LogP contribution in [0.4, 0.5) is 0 Å². The van der Waals surface area contributed by atoms with Crippen molar-refractivity contribution in [2.45, 2.75) is 53.4 Å². The van der Waals surface area contributed by atoms with E-state index in [0.29, 0.717) is 5.92 Å². The number of carbonyl (C=O) groups is 1. The molecule has 0 heterocycles. The van der Waals surface area contributed by atoms with E-state index in [1.807, 2.05) is 31.2 Å². The van der Waals surface area contributed by atoms with Crippen molar-refractivity contribution in [3.05, 3.63) is 40.8 Å². The van der Waals surface area contributed by atoms with E-state index in [9.17, 15) is 13.2 Å². The molecule has 1 amide bonds. The number of benzene rings is 1. The van der Waals surface area contributed by atoms with Gasteiger partial charge >= 0.3 is 0 Å². The number of fused-ring (bicyclic) bond motifs is 2. The molecular weight excluding hydrogens is 386 g/mol. The summed E-state index contributed by atoms with van der Waals surface area (Å²) in [5.41, 5.74) is 5.84. The van der Waals surface area contributed by atoms with Crippen LogP contribution >= 0.6 is 0 Å². The molecule has 2 aliphatic carbocycles. The van der Waals surface area contributed by atoms with Gasteiger partial charge in [-0.3, -0.25) is 4.79 Å². The first kappa shape index (κ1) is 21.7. The molecule has 2 fully saturated rings. The van der Waals surface area contributed by atoms with Crippen LogP contribution in [0.3, 0.4) is 0 Å². The fourth-order valence-corrected chi connectivity index (χ4v) is 5.30. The van der Waals surface area contributed by atoms with Crippen LogP contribution in [0, 0.1) is 23.7 Å². The normalized spacial score (nSPS) is 27.0. The van der Waals surface area contributed by atoms with Gasteiger partial charge < -0.3 is 0 Å². The topological polar surface area (TPSA) is 87.6 Å². The third-order valence-electron chi connectivity index (χ3n) is 7.00. The Hall–Kier alpha value is -1.99. The number of nitrogens with one attached hydrogen (secondary N) is 2. The molecule has 2 bridgehead atoms. The summed E-state index contributed by atoms with van der Waals surface area (Å²) in [6.45, 7) is 8.81. The Bertz CT molecular complexity index is 933. The molecule has 158 valence electrons. The Morgan fingerprint density at radius 2 is 1.93 bits per heavy atom. The molecular formula is C22H31N3O3S. The molecule has 0 spiro atoms. The van der Waals surface area contributed by atoms with Crippen LogP contribution in [0.5, 0.6) is 0 Å². The number of aryl methyl sites for hydroxylation is 1. The lowest BCUT2D eigenvalue weighted by molar-refractivity contribution is -0.120. The molecule has 1 aromatic rings. The average Bonchev–Trinajstić information content (AvgIpc) is 2.99. The molecule has 1 aromatic carbocycles. The van der Waals surface area contributed by atoms with Crippen LogP contribution in [-0.2, 0) is 14.8 Å². The van der Waals surface area contributed by atoms with Crippen LogP contribution < -0.4 is 10.1 Å². The molecule has 7 heteroatoms. The molecule has 6 nitrogen and oxygen atoms in total. The fourth-order valence-electron chi connectivity index (χ4n) is 4.48. The maximum atomic E-state index is 12.1. The molecule has 0 unspecified atom stereocenters. The Labute approximate surface area is 173 Å². The van der Waals surface area contributed by atoms with Gasteiger partial charge in [0.15, 0.2) is 0 Å². The number of hydrogen-bond acceptors (Lipinski definition) is 4. The first-order chi connectivity index (χ1) is 13.5. The second-order valence-electron chi connectivity index (χ2n) is 8.99. The summed E-state index contributed by atoms with van der Waals surface area (Å²) in [6, 6.07) is 7.55. The van der Waals surface area contributed by atoms with E-state index in [0.717, 1.165) is 35.1 Å². The number of hydrogen-bond donors (Lipinski definition) is 2. The van der Waals surface area contributed by atoms with E-state index >= 15 is 0 Å². The van der Waals surface area contributed by atoms with Crippen LogP contribution in [0.1, 0.15) is 57.6 Å². The van der Waals surface area contributed by atoms with E-state index in [2.05, 4.69) is 36.0 Å². The van der Waals surface area contributed by atoms with Gasteiger partial charge in [0.25, 0.3) is 0 Å². The monoisotopic (exact) mass is 417 g/mol. The molecule has 2 N–H and O–H groups in total. The predicted octanol–water partition coefficient (Wildman–Crippen LogP) is 3.59. The molecule has 0 aromatic heterocycles. The zero-order chi connectivity index (χ0) is 21.3. The molecule has 29 heavy (non-hydrogen) atoms. The maximum Gasteiger partial charge on any atom is 0.241 e. The zero-order valence-electron chi connectivity index (χ0n) is 17.7. The highest BCUT2D eigenvalue weighted by Crippen LogP contribution is 2.63. The van der Waals surface area contributed by atoms with Crippen LogP contribution in [0.15, 0.2) is 34.8 Å². The molecule has 2 atom stereocenters. The quantitative estimate of drug-likeness (QED) is 0.665. The van der Waals surface area contributed by atoms with Crippen molar-refractivity contribution in [1.29, 1.82) is 0 Å². The molecule has 2 aliphatic rings. The second-order valence-corrected chi connectivity index (χ2v) is 10.6. The minimum absolute atomic E-state index is 0.0304. The molecule has 0 radical (unpaired) electrons. The highest BCUT2D eigenvalue weighted by molar-refractivity contribution is 7.92. The number of carbonyl (C=O) groups excluding carboxylic acids is 1. The number of hydrazone groups is 1. The first-order valence-electron chi connectivity index (χ1n) is 10.1. The molecule has 3 rings (SSSR count). The van der Waals surface area contributed by atoms with Gasteiger partial charge in [-0.25, -0.2) is 18.6 Å². The molecule has 0 aliphatic heterocycles. The standard InChI is InChI=1S/C22H31N3O3S/c1-16-5-7-17(8-6-16)11-14-29(27,28)23-13-10-20(26)25-24-19-15-18-9-12-22(19,4)21(18,2)3/h5-8,11,14,18,23H,9-10,12-13,15H2,1-4H3,(H,25,26)/b14-11+,24-19-/t18-,22-/m1/s1. The molecule has 0 saturated heterocycles. The van der Waals surface area contributed by atoms with Crippen LogP contribution in [-0.4, -0.2) is 26.6 Å². The van der Waals surface area contributed by atoms with Gasteiger partial charge in [0.1, 0.15) is 0 Å². The van der Waals surface area contributed by atoms with Gasteiger partial charge in [-0.05, 0) is 49.2 Å². The Kier molecular flexibility index (Phi) is 6.01. The van der Waals surface area contributed by atoms with E-state index in [1.165, 1.54) is 12.5 Å². The zero-order valence-corrected chi connectivity index (χ0v) is 18.5. The summed E-state index contributed by atoms with van der Waals surface area (Å²) in [7, 11) is -3.59. The van der Waals surface area contributed by atoms with Gasteiger partial charge in [-0.15, -0.1) is 0 Å². The minimum Gasteiger partial charge on any atom is -0.273 e. The van der Waals surface area contributed by atoms with Crippen molar-refractivity contribution in [2.24, 2.45) is 21.8 Å². The van der Waals surface area contributed by atoms with E-state index < -0.39 is 10.0 Å². The number of nitrogens with zero attached hydrogens (tertiary/aromatic N) is 1.